The third-order valence-electron chi connectivity index (χ3n) is 9.90. The first-order valence-corrected chi connectivity index (χ1v) is 14.9. The molecule has 37 heavy (non-hydrogen) atoms. The van der Waals surface area contributed by atoms with Crippen LogP contribution in [0.1, 0.15) is 95.4 Å². The van der Waals surface area contributed by atoms with Crippen LogP contribution in [0.4, 0.5) is 0 Å². The van der Waals surface area contributed by atoms with Gasteiger partial charge in [-0.1, -0.05) is 62.3 Å². The summed E-state index contributed by atoms with van der Waals surface area (Å²) >= 11 is 0. The minimum atomic E-state index is -0.673. The molecular weight excluding hydrogens is 472 g/mol. The predicted octanol–water partition coefficient (Wildman–Crippen LogP) is 5.97. The molecular formula is C30H54O7. The average molecular weight is 527 g/mol. The molecule has 3 aliphatic rings. The number of rotatable bonds is 8. The van der Waals surface area contributed by atoms with Gasteiger partial charge in [0.1, 0.15) is 6.10 Å². The first-order chi connectivity index (χ1) is 17.4. The first-order valence-electron chi connectivity index (χ1n) is 14.9. The fraction of sp³-hybridized carbons (Fsp3) is 0.967. The van der Waals surface area contributed by atoms with Gasteiger partial charge in [0, 0.05) is 12.8 Å². The summed E-state index contributed by atoms with van der Waals surface area (Å²) in [6, 6.07) is 0. The molecule has 216 valence electrons. The molecule has 3 saturated heterocycles. The molecule has 0 aromatic carbocycles. The summed E-state index contributed by atoms with van der Waals surface area (Å²) in [6.45, 7) is 23.2. The van der Waals surface area contributed by atoms with Crippen molar-refractivity contribution in [1.29, 1.82) is 0 Å². The van der Waals surface area contributed by atoms with Crippen LogP contribution in [0.2, 0.25) is 0 Å². The zero-order chi connectivity index (χ0) is 27.6. The molecule has 0 N–H and O–H groups in total. The summed E-state index contributed by atoms with van der Waals surface area (Å²) in [5, 5.41) is 0. The molecule has 0 aliphatic carbocycles. The minimum Gasteiger partial charge on any atom is -0.457 e. The highest BCUT2D eigenvalue weighted by Crippen LogP contribution is 2.42. The van der Waals surface area contributed by atoms with Gasteiger partial charge in [0.25, 0.3) is 0 Å². The topological polar surface area (TPSA) is 72.5 Å². The summed E-state index contributed by atoms with van der Waals surface area (Å²) in [5.41, 5.74) is 0. The van der Waals surface area contributed by atoms with Crippen molar-refractivity contribution in [3.63, 3.8) is 0 Å². The number of hydrogen-bond acceptors (Lipinski definition) is 7. The van der Waals surface area contributed by atoms with Crippen molar-refractivity contribution in [3.8, 4) is 0 Å². The van der Waals surface area contributed by atoms with Crippen LogP contribution in [-0.2, 0) is 33.2 Å². The number of carbonyl (C=O) groups excluding carboxylic acids is 1. The van der Waals surface area contributed by atoms with Crippen LogP contribution in [0, 0.1) is 35.5 Å². The third-order valence-corrected chi connectivity index (χ3v) is 9.90. The van der Waals surface area contributed by atoms with Crippen molar-refractivity contribution >= 4 is 5.97 Å². The smallest absolute Gasteiger partial charge is 0.303 e. The molecule has 3 heterocycles. The Morgan fingerprint density at radius 1 is 0.568 bits per heavy atom. The van der Waals surface area contributed by atoms with Crippen molar-refractivity contribution in [2.24, 2.45) is 35.5 Å². The van der Waals surface area contributed by atoms with Crippen LogP contribution in [0.15, 0.2) is 0 Å². The van der Waals surface area contributed by atoms with Crippen LogP contribution < -0.4 is 0 Å². The molecule has 7 nitrogen and oxygen atoms in total. The highest BCUT2D eigenvalue weighted by molar-refractivity contribution is 5.66. The van der Waals surface area contributed by atoms with E-state index in [2.05, 4.69) is 69.2 Å². The standard InChI is InChI=1S/C30H54O7/c1-12-23-15(4)18(7)26(21(10)32-23)36-30-28(20(9)17(6)25(14-3)35-30)37-29-27(33-22(11)31)19(8)16(5)24(13-2)34-29/h15-21,23-30H,12-14H2,1-11H3/t15-,16-,17-,18-,19-,20-,21+,23?,24?,25?,26?,27?,28?,29+,30+/m0/s1. The zero-order valence-electron chi connectivity index (χ0n) is 25.1. The van der Waals surface area contributed by atoms with Crippen LogP contribution in [0.3, 0.4) is 0 Å². The van der Waals surface area contributed by atoms with E-state index in [1.165, 1.54) is 6.92 Å². The van der Waals surface area contributed by atoms with E-state index in [1.807, 2.05) is 0 Å². The lowest BCUT2D eigenvalue weighted by atomic mass is 9.80. The fourth-order valence-corrected chi connectivity index (χ4v) is 6.77. The van der Waals surface area contributed by atoms with Crippen LogP contribution >= 0.6 is 0 Å². The largest absolute Gasteiger partial charge is 0.457 e. The summed E-state index contributed by atoms with van der Waals surface area (Å²) in [7, 11) is 0. The van der Waals surface area contributed by atoms with E-state index < -0.39 is 18.7 Å². The second kappa shape index (κ2) is 13.1. The fourth-order valence-electron chi connectivity index (χ4n) is 6.77. The van der Waals surface area contributed by atoms with Gasteiger partial charge in [-0.25, -0.2) is 0 Å². The molecule has 0 aromatic rings. The number of hydrogen-bond donors (Lipinski definition) is 0. The van der Waals surface area contributed by atoms with Crippen LogP contribution in [-0.4, -0.2) is 61.3 Å². The third kappa shape index (κ3) is 6.54. The van der Waals surface area contributed by atoms with Gasteiger partial charge >= 0.3 is 5.97 Å². The Bertz CT molecular complexity index is 731. The second-order valence-corrected chi connectivity index (χ2v) is 12.1. The van der Waals surface area contributed by atoms with E-state index in [0.717, 1.165) is 19.3 Å². The molecule has 3 fully saturated rings. The zero-order valence-corrected chi connectivity index (χ0v) is 25.1. The maximum atomic E-state index is 12.0. The number of ether oxygens (including phenoxy) is 6. The second-order valence-electron chi connectivity index (χ2n) is 12.1. The van der Waals surface area contributed by atoms with E-state index in [0.29, 0.717) is 11.8 Å². The molecule has 0 amide bonds. The highest BCUT2D eigenvalue weighted by atomic mass is 16.8. The summed E-state index contributed by atoms with van der Waals surface area (Å²) in [4.78, 5) is 12.0. The summed E-state index contributed by atoms with van der Waals surface area (Å²) in [5.74, 6) is 1.18. The van der Waals surface area contributed by atoms with E-state index in [-0.39, 0.29) is 66.3 Å². The Hall–Kier alpha value is -0.730. The van der Waals surface area contributed by atoms with Crippen LogP contribution in [0.5, 0.6) is 0 Å². The van der Waals surface area contributed by atoms with Gasteiger partial charge in [-0.3, -0.25) is 4.79 Å². The molecule has 0 aromatic heterocycles. The predicted molar refractivity (Wildman–Crippen MR) is 143 cm³/mol. The highest BCUT2D eigenvalue weighted by Gasteiger charge is 2.50. The molecule has 0 saturated carbocycles. The molecule has 0 radical (unpaired) electrons. The van der Waals surface area contributed by atoms with Crippen molar-refractivity contribution < 1.29 is 33.2 Å². The van der Waals surface area contributed by atoms with E-state index in [9.17, 15) is 4.79 Å². The monoisotopic (exact) mass is 526 g/mol. The van der Waals surface area contributed by atoms with Gasteiger partial charge in [-0.2, -0.15) is 0 Å². The summed E-state index contributed by atoms with van der Waals surface area (Å²) < 4.78 is 38.8. The lowest BCUT2D eigenvalue weighted by molar-refractivity contribution is -0.360. The minimum absolute atomic E-state index is 0.0328. The molecule has 3 aliphatic heterocycles. The molecule has 0 bridgehead atoms. The maximum absolute atomic E-state index is 12.0. The van der Waals surface area contributed by atoms with Gasteiger partial charge in [0.05, 0.1) is 30.5 Å². The van der Waals surface area contributed by atoms with Crippen LogP contribution in [0.25, 0.3) is 0 Å². The van der Waals surface area contributed by atoms with Crippen molar-refractivity contribution in [3.05, 3.63) is 0 Å². The molecule has 7 heteroatoms. The van der Waals surface area contributed by atoms with E-state index in [1.54, 1.807) is 0 Å². The lowest BCUT2D eigenvalue weighted by Crippen LogP contribution is -2.59. The van der Waals surface area contributed by atoms with Gasteiger partial charge in [0.2, 0.25) is 0 Å². The Labute approximate surface area is 225 Å². The Kier molecular flexibility index (Phi) is 10.9. The SMILES string of the molecule is CCC1O[C@H](OC2[C@@H](OC3[C@@H](C)[C@H](C)C(CC)O[C@@H]3C)OC(CC)[C@@H](C)[C@@H]2C)C(OC(C)=O)[C@@H](C)[C@@H]1C. The molecule has 3 rings (SSSR count). The van der Waals surface area contributed by atoms with Crippen molar-refractivity contribution in [2.75, 3.05) is 0 Å². The summed E-state index contributed by atoms with van der Waals surface area (Å²) in [6.07, 6.45) is 0.889. The van der Waals surface area contributed by atoms with Gasteiger partial charge in [0.15, 0.2) is 18.7 Å². The Balaban J connectivity index is 1.88. The van der Waals surface area contributed by atoms with E-state index >= 15 is 0 Å². The molecule has 15 atom stereocenters. The number of esters is 1. The maximum Gasteiger partial charge on any atom is 0.303 e. The first kappa shape index (κ1) is 30.8. The normalized spacial score (nSPS) is 49.0. The van der Waals surface area contributed by atoms with Gasteiger partial charge < -0.3 is 28.4 Å². The Morgan fingerprint density at radius 2 is 0.946 bits per heavy atom. The lowest BCUT2D eigenvalue weighted by Gasteiger charge is -2.51. The van der Waals surface area contributed by atoms with Crippen molar-refractivity contribution in [1.82, 2.24) is 0 Å². The van der Waals surface area contributed by atoms with Gasteiger partial charge in [-0.05, 0) is 55.8 Å². The van der Waals surface area contributed by atoms with Gasteiger partial charge in [-0.15, -0.1) is 0 Å². The Morgan fingerprint density at radius 3 is 1.41 bits per heavy atom. The average Bonchev–Trinajstić information content (AvgIpc) is 2.86. The number of carbonyl (C=O) groups is 1. The molecule has 6 unspecified atom stereocenters. The van der Waals surface area contributed by atoms with Crippen molar-refractivity contribution in [2.45, 2.75) is 151 Å². The van der Waals surface area contributed by atoms with E-state index in [4.69, 9.17) is 28.4 Å². The quantitative estimate of drug-likeness (QED) is 0.361. The molecule has 0 spiro atoms.